The van der Waals surface area contributed by atoms with Crippen molar-refractivity contribution in [2.45, 2.75) is 64.7 Å². The molecule has 1 heterocycles. The molecule has 0 unspecified atom stereocenters. The zero-order valence-corrected chi connectivity index (χ0v) is 12.0. The number of carbonyl (C=O) groups excluding carboxylic acids is 1. The quantitative estimate of drug-likeness (QED) is 0.621. The van der Waals surface area contributed by atoms with Crippen molar-refractivity contribution in [3.05, 3.63) is 0 Å². The van der Waals surface area contributed by atoms with Crippen LogP contribution in [0.4, 0.5) is 0 Å². The molecule has 0 saturated carbocycles. The molecule has 0 aromatic carbocycles. The van der Waals surface area contributed by atoms with Gasteiger partial charge in [-0.3, -0.25) is 4.79 Å². The van der Waals surface area contributed by atoms with E-state index in [2.05, 4.69) is 17.6 Å². The first-order valence-corrected chi connectivity index (χ1v) is 7.80. The van der Waals surface area contributed by atoms with Crippen molar-refractivity contribution in [1.29, 1.82) is 0 Å². The van der Waals surface area contributed by atoms with E-state index in [0.717, 1.165) is 44.8 Å². The molecule has 0 radical (unpaired) electrons. The zero-order chi connectivity index (χ0) is 13.1. The molecule has 1 amide bonds. The van der Waals surface area contributed by atoms with Gasteiger partial charge in [-0.05, 0) is 44.7 Å². The van der Waals surface area contributed by atoms with Crippen LogP contribution in [0.25, 0.3) is 0 Å². The lowest BCUT2D eigenvalue weighted by Crippen LogP contribution is -2.31. The average Bonchev–Trinajstić information content (AvgIpc) is 2.40. The molecule has 3 nitrogen and oxygen atoms in total. The van der Waals surface area contributed by atoms with E-state index >= 15 is 0 Å². The molecule has 0 spiro atoms. The molecule has 0 aliphatic carbocycles. The van der Waals surface area contributed by atoms with Crippen molar-refractivity contribution in [1.82, 2.24) is 10.6 Å². The SMILES string of the molecule is CCCCCCCC(=O)NCCC1CCNCC1. The average molecular weight is 254 g/mol. The van der Waals surface area contributed by atoms with Crippen molar-refractivity contribution >= 4 is 5.91 Å². The summed E-state index contributed by atoms with van der Waals surface area (Å²) in [5.74, 6) is 1.07. The summed E-state index contributed by atoms with van der Waals surface area (Å²) in [5.41, 5.74) is 0. The van der Waals surface area contributed by atoms with Gasteiger partial charge in [-0.15, -0.1) is 0 Å². The highest BCUT2D eigenvalue weighted by Crippen LogP contribution is 2.14. The molecule has 3 heteroatoms. The van der Waals surface area contributed by atoms with Crippen LogP contribution in [0.3, 0.4) is 0 Å². The lowest BCUT2D eigenvalue weighted by molar-refractivity contribution is -0.121. The van der Waals surface area contributed by atoms with Crippen LogP contribution in [0.5, 0.6) is 0 Å². The Morgan fingerprint density at radius 1 is 1.17 bits per heavy atom. The zero-order valence-electron chi connectivity index (χ0n) is 12.0. The van der Waals surface area contributed by atoms with Crippen LogP contribution in [-0.2, 0) is 4.79 Å². The second-order valence-electron chi connectivity index (χ2n) is 5.50. The number of amides is 1. The van der Waals surface area contributed by atoms with Gasteiger partial charge in [-0.25, -0.2) is 0 Å². The third-order valence-electron chi connectivity index (χ3n) is 3.84. The molecule has 2 N–H and O–H groups in total. The summed E-state index contributed by atoms with van der Waals surface area (Å²) >= 11 is 0. The molecular weight excluding hydrogens is 224 g/mol. The minimum absolute atomic E-state index is 0.250. The van der Waals surface area contributed by atoms with E-state index in [9.17, 15) is 4.79 Å². The molecule has 0 aromatic rings. The van der Waals surface area contributed by atoms with E-state index in [0.29, 0.717) is 0 Å². The lowest BCUT2D eigenvalue weighted by atomic mass is 9.95. The minimum Gasteiger partial charge on any atom is -0.356 e. The highest BCUT2D eigenvalue weighted by atomic mass is 16.1. The van der Waals surface area contributed by atoms with E-state index in [1.54, 1.807) is 0 Å². The molecule has 106 valence electrons. The minimum atomic E-state index is 0.250. The van der Waals surface area contributed by atoms with Crippen LogP contribution in [0.1, 0.15) is 64.7 Å². The predicted molar refractivity (Wildman–Crippen MR) is 76.6 cm³/mol. The van der Waals surface area contributed by atoms with Crippen LogP contribution in [0, 0.1) is 5.92 Å². The molecule has 1 fully saturated rings. The van der Waals surface area contributed by atoms with Crippen LogP contribution < -0.4 is 10.6 Å². The van der Waals surface area contributed by atoms with Gasteiger partial charge >= 0.3 is 0 Å². The summed E-state index contributed by atoms with van der Waals surface area (Å²) in [6, 6.07) is 0. The number of rotatable bonds is 9. The van der Waals surface area contributed by atoms with Gasteiger partial charge < -0.3 is 10.6 Å². The highest BCUT2D eigenvalue weighted by molar-refractivity contribution is 5.75. The van der Waals surface area contributed by atoms with E-state index in [1.165, 1.54) is 38.5 Å². The third-order valence-corrected chi connectivity index (χ3v) is 3.84. The second-order valence-corrected chi connectivity index (χ2v) is 5.50. The van der Waals surface area contributed by atoms with E-state index in [4.69, 9.17) is 0 Å². The highest BCUT2D eigenvalue weighted by Gasteiger charge is 2.12. The number of carbonyl (C=O) groups is 1. The van der Waals surface area contributed by atoms with Crippen molar-refractivity contribution in [3.63, 3.8) is 0 Å². The Bertz CT molecular complexity index is 213. The maximum Gasteiger partial charge on any atom is 0.219 e. The Balaban J connectivity index is 1.89. The Morgan fingerprint density at radius 2 is 1.89 bits per heavy atom. The smallest absolute Gasteiger partial charge is 0.219 e. The Morgan fingerprint density at radius 3 is 2.61 bits per heavy atom. The Hall–Kier alpha value is -0.570. The Kier molecular flexibility index (Phi) is 8.92. The molecule has 1 saturated heterocycles. The maximum atomic E-state index is 11.6. The number of piperidine rings is 1. The van der Waals surface area contributed by atoms with Crippen LogP contribution in [0.2, 0.25) is 0 Å². The maximum absolute atomic E-state index is 11.6. The molecular formula is C15H30N2O. The number of hydrogen-bond donors (Lipinski definition) is 2. The predicted octanol–water partition coefficient (Wildman–Crippen LogP) is 2.85. The van der Waals surface area contributed by atoms with Crippen molar-refractivity contribution in [2.75, 3.05) is 19.6 Å². The molecule has 0 aromatic heterocycles. The largest absolute Gasteiger partial charge is 0.356 e. The van der Waals surface area contributed by atoms with Crippen LogP contribution in [0.15, 0.2) is 0 Å². The van der Waals surface area contributed by atoms with Gasteiger partial charge in [0, 0.05) is 13.0 Å². The molecule has 1 aliphatic rings. The first-order chi connectivity index (χ1) is 8.83. The van der Waals surface area contributed by atoms with Crippen molar-refractivity contribution < 1.29 is 4.79 Å². The Labute approximate surface area is 112 Å². The fourth-order valence-corrected chi connectivity index (χ4v) is 2.56. The molecule has 0 bridgehead atoms. The topological polar surface area (TPSA) is 41.1 Å². The number of unbranched alkanes of at least 4 members (excludes halogenated alkanes) is 4. The van der Waals surface area contributed by atoms with Gasteiger partial charge in [0.2, 0.25) is 5.91 Å². The number of hydrogen-bond acceptors (Lipinski definition) is 2. The van der Waals surface area contributed by atoms with E-state index < -0.39 is 0 Å². The van der Waals surface area contributed by atoms with Gasteiger partial charge in [-0.2, -0.15) is 0 Å². The van der Waals surface area contributed by atoms with Crippen LogP contribution >= 0.6 is 0 Å². The van der Waals surface area contributed by atoms with Crippen LogP contribution in [-0.4, -0.2) is 25.5 Å². The first-order valence-electron chi connectivity index (χ1n) is 7.80. The summed E-state index contributed by atoms with van der Waals surface area (Å²) in [7, 11) is 0. The molecule has 0 atom stereocenters. The molecule has 1 rings (SSSR count). The summed E-state index contributed by atoms with van der Waals surface area (Å²) in [6.45, 7) is 5.39. The van der Waals surface area contributed by atoms with Gasteiger partial charge in [-0.1, -0.05) is 32.6 Å². The summed E-state index contributed by atoms with van der Waals surface area (Å²) in [4.78, 5) is 11.6. The third kappa shape index (κ3) is 7.70. The summed E-state index contributed by atoms with van der Waals surface area (Å²) in [6.07, 6.45) is 10.5. The van der Waals surface area contributed by atoms with Crippen molar-refractivity contribution in [2.24, 2.45) is 5.92 Å². The summed E-state index contributed by atoms with van der Waals surface area (Å²) < 4.78 is 0. The van der Waals surface area contributed by atoms with Gasteiger partial charge in [0.05, 0.1) is 0 Å². The fourth-order valence-electron chi connectivity index (χ4n) is 2.56. The van der Waals surface area contributed by atoms with Gasteiger partial charge in [0.15, 0.2) is 0 Å². The van der Waals surface area contributed by atoms with E-state index in [1.807, 2.05) is 0 Å². The lowest BCUT2D eigenvalue weighted by Gasteiger charge is -2.22. The van der Waals surface area contributed by atoms with Gasteiger partial charge in [0.1, 0.15) is 0 Å². The van der Waals surface area contributed by atoms with Gasteiger partial charge in [0.25, 0.3) is 0 Å². The summed E-state index contributed by atoms with van der Waals surface area (Å²) in [5, 5.41) is 6.43. The fraction of sp³-hybridized carbons (Fsp3) is 0.933. The molecule has 1 aliphatic heterocycles. The van der Waals surface area contributed by atoms with Crippen molar-refractivity contribution in [3.8, 4) is 0 Å². The number of nitrogens with one attached hydrogen (secondary N) is 2. The standard InChI is InChI=1S/C15H30N2O/c1-2-3-4-5-6-7-15(18)17-13-10-14-8-11-16-12-9-14/h14,16H,2-13H2,1H3,(H,17,18). The second kappa shape index (κ2) is 10.4. The monoisotopic (exact) mass is 254 g/mol. The first kappa shape index (κ1) is 15.5. The normalized spacial score (nSPS) is 16.7. The molecule has 18 heavy (non-hydrogen) atoms. The van der Waals surface area contributed by atoms with E-state index in [-0.39, 0.29) is 5.91 Å².